The van der Waals surface area contributed by atoms with E-state index in [2.05, 4.69) is 43.6 Å². The number of fused-ring (bicyclic) bond motifs is 2. The predicted octanol–water partition coefficient (Wildman–Crippen LogP) is 7.72. The Morgan fingerprint density at radius 3 is 1.71 bits per heavy atom. The Bertz CT molecular complexity index is 785. The minimum atomic E-state index is -0.141. The van der Waals surface area contributed by atoms with Crippen molar-refractivity contribution >= 4 is 21.6 Å². The zero-order valence-electron chi connectivity index (χ0n) is 15.8. The lowest BCUT2D eigenvalue weighted by Gasteiger charge is -2.19. The van der Waals surface area contributed by atoms with Crippen molar-refractivity contribution in [3.63, 3.8) is 0 Å². The van der Waals surface area contributed by atoms with Gasteiger partial charge >= 0.3 is 0 Å². The van der Waals surface area contributed by atoms with Gasteiger partial charge in [0.2, 0.25) is 0 Å². The van der Waals surface area contributed by atoms with Gasteiger partial charge in [-0.1, -0.05) is 58.5 Å². The van der Waals surface area contributed by atoms with Gasteiger partial charge in [-0.05, 0) is 83.0 Å². The van der Waals surface area contributed by atoms with Gasteiger partial charge in [-0.25, -0.2) is 8.78 Å². The second-order valence-electron chi connectivity index (χ2n) is 8.73. The first-order chi connectivity index (χ1) is 12.0. The Kier molecular flexibility index (Phi) is 7.49. The molecule has 0 saturated carbocycles. The number of hydrogen-bond acceptors (Lipinski definition) is 1. The Morgan fingerprint density at radius 1 is 0.786 bits per heavy atom. The van der Waals surface area contributed by atoms with Crippen LogP contribution in [0.25, 0.3) is 0 Å². The summed E-state index contributed by atoms with van der Waals surface area (Å²) in [5.41, 5.74) is 10.1. The summed E-state index contributed by atoms with van der Waals surface area (Å²) in [4.78, 5) is 0. The Labute approximate surface area is 177 Å². The molecule has 0 fully saturated rings. The van der Waals surface area contributed by atoms with E-state index in [1.54, 1.807) is 6.07 Å². The van der Waals surface area contributed by atoms with Crippen LogP contribution in [-0.4, -0.2) is 0 Å². The van der Waals surface area contributed by atoms with Crippen LogP contribution in [0.2, 0.25) is 0 Å². The first kappa shape index (κ1) is 24.6. The summed E-state index contributed by atoms with van der Waals surface area (Å²) in [6, 6.07) is 6.91. The minimum absolute atomic E-state index is 0. The number of hydrogen-bond donors (Lipinski definition) is 1. The first-order valence-corrected chi connectivity index (χ1v) is 9.87. The van der Waals surface area contributed by atoms with Crippen molar-refractivity contribution in [1.29, 1.82) is 0 Å². The molecule has 4 rings (SSSR count). The van der Waals surface area contributed by atoms with E-state index in [0.29, 0.717) is 5.69 Å². The molecule has 0 unspecified atom stereocenters. The Hall–Kier alpha value is -1.42. The number of nitrogen functional groups attached to an aromatic ring is 1. The molecule has 0 saturated heterocycles. The summed E-state index contributed by atoms with van der Waals surface area (Å²) >= 11 is 3.31. The zero-order chi connectivity index (χ0) is 19.3. The summed E-state index contributed by atoms with van der Waals surface area (Å²) < 4.78 is 28.0. The molecule has 2 aromatic carbocycles. The lowest BCUT2D eigenvalue weighted by Crippen LogP contribution is -2.14. The summed E-state index contributed by atoms with van der Waals surface area (Å²) in [6.07, 6.45) is 4.02. The van der Waals surface area contributed by atoms with Gasteiger partial charge < -0.3 is 5.73 Å². The van der Waals surface area contributed by atoms with Crippen LogP contribution in [0.4, 0.5) is 14.5 Å². The van der Waals surface area contributed by atoms with Gasteiger partial charge in [0.1, 0.15) is 11.6 Å². The Balaban J connectivity index is 0.000000261. The molecule has 0 radical (unpaired) electrons. The maximum atomic E-state index is 13.6. The van der Waals surface area contributed by atoms with Gasteiger partial charge in [-0.2, -0.15) is 0 Å². The van der Waals surface area contributed by atoms with E-state index in [1.165, 1.54) is 6.07 Å². The van der Waals surface area contributed by atoms with Crippen LogP contribution in [0, 0.1) is 11.6 Å². The molecule has 2 aromatic rings. The Morgan fingerprint density at radius 2 is 1.21 bits per heavy atom. The first-order valence-electron chi connectivity index (χ1n) is 9.08. The quantitative estimate of drug-likeness (QED) is 0.405. The number of rotatable bonds is 0. The van der Waals surface area contributed by atoms with E-state index in [0.717, 1.165) is 52.4 Å². The second kappa shape index (κ2) is 8.52. The molecule has 1 nitrogen and oxygen atoms in total. The summed E-state index contributed by atoms with van der Waals surface area (Å²) in [5.74, 6) is -0.204. The lowest BCUT2D eigenvalue weighted by atomic mass is 9.86. The van der Waals surface area contributed by atoms with Gasteiger partial charge in [0, 0.05) is 10.2 Å². The maximum absolute atomic E-state index is 13.6. The number of halogens is 3. The van der Waals surface area contributed by atoms with E-state index in [4.69, 9.17) is 5.73 Å². The van der Waals surface area contributed by atoms with Gasteiger partial charge in [0.05, 0.1) is 0 Å². The van der Waals surface area contributed by atoms with Gasteiger partial charge in [-0.15, -0.1) is 0 Å². The zero-order valence-corrected chi connectivity index (χ0v) is 17.4. The van der Waals surface area contributed by atoms with E-state index in [9.17, 15) is 8.78 Å². The fraction of sp³-hybridized carbons (Fsp3) is 0.500. The number of nitrogens with two attached hydrogens (primary N) is 1. The monoisotopic (exact) mass is 453 g/mol. The standard InChI is InChI=1S/C11H12BrF.C11H14FN.2CH4/c1-11(2)4-3-7-5-8(12)6-9(13)10(7)11;1-11(2)4-3-7-5-8(13)6-9(12)10(7)11;;/h5-6H,3-4H2,1-2H3;5-6H,3-4,13H2,1-2H3;2*1H4. The second-order valence-corrected chi connectivity index (χ2v) is 9.64. The van der Waals surface area contributed by atoms with Gasteiger partial charge in [-0.3, -0.25) is 0 Å². The average molecular weight is 454 g/mol. The molecular formula is C24H34BrF2N. The van der Waals surface area contributed by atoms with Crippen molar-refractivity contribution in [3.8, 4) is 0 Å². The topological polar surface area (TPSA) is 26.0 Å². The largest absolute Gasteiger partial charge is 0.399 e. The molecule has 2 N–H and O–H groups in total. The third-order valence-corrected chi connectivity index (χ3v) is 6.18. The molecule has 2 aliphatic carbocycles. The average Bonchev–Trinajstić information content (AvgIpc) is 2.96. The molecule has 0 aromatic heterocycles. The molecule has 28 heavy (non-hydrogen) atoms. The van der Waals surface area contributed by atoms with Crippen LogP contribution < -0.4 is 5.73 Å². The van der Waals surface area contributed by atoms with Crippen LogP contribution in [0.15, 0.2) is 28.7 Å². The van der Waals surface area contributed by atoms with Crippen molar-refractivity contribution in [3.05, 3.63) is 62.6 Å². The number of aryl methyl sites for hydroxylation is 2. The van der Waals surface area contributed by atoms with Crippen LogP contribution in [0.1, 0.15) is 77.6 Å². The molecular weight excluding hydrogens is 420 g/mol. The fourth-order valence-electron chi connectivity index (χ4n) is 4.37. The molecule has 0 spiro atoms. The van der Waals surface area contributed by atoms with Crippen LogP contribution in [0.3, 0.4) is 0 Å². The smallest absolute Gasteiger partial charge is 0.129 e. The molecule has 2 aliphatic rings. The SMILES string of the molecule is C.C.CC1(C)CCc2cc(Br)cc(F)c21.CC1(C)CCc2cc(N)cc(F)c21. The van der Waals surface area contributed by atoms with Crippen LogP contribution in [-0.2, 0) is 23.7 Å². The number of anilines is 1. The number of benzene rings is 2. The normalized spacial score (nSPS) is 17.4. The summed E-state index contributed by atoms with van der Waals surface area (Å²) in [6.45, 7) is 8.38. The van der Waals surface area contributed by atoms with Crippen LogP contribution in [0.5, 0.6) is 0 Å². The highest BCUT2D eigenvalue weighted by molar-refractivity contribution is 9.10. The van der Waals surface area contributed by atoms with Gasteiger partial charge in [0.25, 0.3) is 0 Å². The van der Waals surface area contributed by atoms with Crippen LogP contribution >= 0.6 is 15.9 Å². The molecule has 0 atom stereocenters. The van der Waals surface area contributed by atoms with E-state index in [1.807, 2.05) is 12.1 Å². The third-order valence-electron chi connectivity index (χ3n) is 5.72. The minimum Gasteiger partial charge on any atom is -0.399 e. The predicted molar refractivity (Wildman–Crippen MR) is 121 cm³/mol. The molecule has 0 aliphatic heterocycles. The van der Waals surface area contributed by atoms with Crippen molar-refractivity contribution in [2.75, 3.05) is 5.73 Å². The third kappa shape index (κ3) is 4.59. The summed E-state index contributed by atoms with van der Waals surface area (Å²) in [5, 5.41) is 0. The van der Waals surface area contributed by atoms with Crippen molar-refractivity contribution in [1.82, 2.24) is 0 Å². The molecule has 156 valence electrons. The lowest BCUT2D eigenvalue weighted by molar-refractivity contribution is 0.488. The van der Waals surface area contributed by atoms with Crippen molar-refractivity contribution in [2.24, 2.45) is 0 Å². The van der Waals surface area contributed by atoms with Crippen molar-refractivity contribution in [2.45, 2.75) is 79.1 Å². The maximum Gasteiger partial charge on any atom is 0.129 e. The van der Waals surface area contributed by atoms with E-state index >= 15 is 0 Å². The molecule has 0 bridgehead atoms. The summed E-state index contributed by atoms with van der Waals surface area (Å²) in [7, 11) is 0. The molecule has 4 heteroatoms. The highest BCUT2D eigenvalue weighted by Crippen LogP contribution is 2.41. The highest BCUT2D eigenvalue weighted by Gasteiger charge is 2.33. The molecule has 0 heterocycles. The van der Waals surface area contributed by atoms with Crippen molar-refractivity contribution < 1.29 is 8.78 Å². The fourth-order valence-corrected chi connectivity index (χ4v) is 4.85. The van der Waals surface area contributed by atoms with Gasteiger partial charge in [0.15, 0.2) is 0 Å². The van der Waals surface area contributed by atoms with E-state index < -0.39 is 0 Å². The molecule has 0 amide bonds. The highest BCUT2D eigenvalue weighted by atomic mass is 79.9. The van der Waals surface area contributed by atoms with E-state index in [-0.39, 0.29) is 37.3 Å².